The number of carbonyl (C=O) groups excluding carboxylic acids is 3. The van der Waals surface area contributed by atoms with Gasteiger partial charge in [-0.15, -0.1) is 0 Å². The van der Waals surface area contributed by atoms with E-state index in [0.29, 0.717) is 19.3 Å². The predicted molar refractivity (Wildman–Crippen MR) is 297 cm³/mol. The maximum absolute atomic E-state index is 12.9. The molecule has 0 bridgehead atoms. The Morgan fingerprint density at radius 2 is 0.638 bits per heavy atom. The fraction of sp³-hybridized carbons (Fsp3) is 0.635. The molecule has 6 heteroatoms. The molecule has 6 nitrogen and oxygen atoms in total. The summed E-state index contributed by atoms with van der Waals surface area (Å²) in [5.74, 6) is -0.962. The van der Waals surface area contributed by atoms with Gasteiger partial charge >= 0.3 is 17.9 Å². The van der Waals surface area contributed by atoms with Crippen LogP contribution in [0.1, 0.15) is 239 Å². The summed E-state index contributed by atoms with van der Waals surface area (Å²) in [5.41, 5.74) is 0. The molecule has 0 aromatic carbocycles. The van der Waals surface area contributed by atoms with Crippen LogP contribution in [-0.4, -0.2) is 37.2 Å². The third-order valence-electron chi connectivity index (χ3n) is 11.6. The van der Waals surface area contributed by atoms with Gasteiger partial charge in [0, 0.05) is 19.3 Å². The first-order valence-electron chi connectivity index (χ1n) is 28.1. The Balaban J connectivity index is 4.45. The standard InChI is InChI=1S/C63H102O6/c1-4-7-10-13-16-19-22-25-27-29-31-33-35-38-41-44-47-50-53-56-62(65)68-59-60(58-67-61(64)55-52-49-46-43-40-37-24-21-18-15-12-9-6-3)69-63(66)57-54-51-48-45-42-39-36-34-32-30-28-26-23-20-17-14-11-8-5-2/h7,9-10,12,15-21,23-27,31,33,37,40,60H,4-6,8,11,13-14,22,28-30,32,34-36,38-39,41-59H2,1-3H3/b10-7-,12-9-,18-15-,19-16-,20-17-,24-21-,26-23-,27-25-,33-31-,40-37-. The van der Waals surface area contributed by atoms with Gasteiger partial charge in [0.2, 0.25) is 0 Å². The molecule has 0 N–H and O–H groups in total. The third-order valence-corrected chi connectivity index (χ3v) is 11.6. The second kappa shape index (κ2) is 56.4. The summed E-state index contributed by atoms with van der Waals surface area (Å²) in [6.45, 7) is 6.30. The highest BCUT2D eigenvalue weighted by atomic mass is 16.6. The van der Waals surface area contributed by atoms with E-state index in [2.05, 4.69) is 106 Å². The molecule has 0 aliphatic rings. The van der Waals surface area contributed by atoms with Gasteiger partial charge in [-0.05, 0) is 103 Å². The van der Waals surface area contributed by atoms with Crippen LogP contribution in [-0.2, 0) is 28.6 Å². The largest absolute Gasteiger partial charge is 0.462 e. The van der Waals surface area contributed by atoms with Gasteiger partial charge in [-0.3, -0.25) is 14.4 Å². The molecule has 1 unspecified atom stereocenters. The fourth-order valence-corrected chi connectivity index (χ4v) is 7.38. The number of carbonyl (C=O) groups is 3. The summed E-state index contributed by atoms with van der Waals surface area (Å²) in [4.78, 5) is 38.1. The minimum Gasteiger partial charge on any atom is -0.462 e. The van der Waals surface area contributed by atoms with Gasteiger partial charge in [0.25, 0.3) is 0 Å². The van der Waals surface area contributed by atoms with E-state index in [-0.39, 0.29) is 31.1 Å². The maximum atomic E-state index is 12.9. The Morgan fingerprint density at radius 1 is 0.319 bits per heavy atom. The molecule has 0 spiro atoms. The van der Waals surface area contributed by atoms with E-state index in [1.54, 1.807) is 0 Å². The fourth-order valence-electron chi connectivity index (χ4n) is 7.38. The molecule has 0 aliphatic carbocycles. The van der Waals surface area contributed by atoms with Crippen molar-refractivity contribution in [2.75, 3.05) is 13.2 Å². The lowest BCUT2D eigenvalue weighted by Crippen LogP contribution is -2.30. The van der Waals surface area contributed by atoms with Gasteiger partial charge in [-0.1, -0.05) is 239 Å². The first-order valence-corrected chi connectivity index (χ1v) is 28.1. The van der Waals surface area contributed by atoms with Crippen LogP contribution < -0.4 is 0 Å². The smallest absolute Gasteiger partial charge is 0.306 e. The molecule has 0 heterocycles. The SMILES string of the molecule is CC\C=C/C=C\C=C/C=C\CCCCCC(=O)OCC(COC(=O)CCCCCCCC/C=C\C/C=C\C/C=C\C/C=C\CC)OC(=O)CCCCCCCCCCCC/C=C\C=C/CCCCC. The Morgan fingerprint density at radius 3 is 1.09 bits per heavy atom. The summed E-state index contributed by atoms with van der Waals surface area (Å²) < 4.78 is 16.8. The Labute approximate surface area is 424 Å². The van der Waals surface area contributed by atoms with Crippen LogP contribution in [0.2, 0.25) is 0 Å². The Kier molecular flexibility index (Phi) is 53.0. The quantitative estimate of drug-likeness (QED) is 0.0199. The van der Waals surface area contributed by atoms with Gasteiger partial charge in [0.1, 0.15) is 13.2 Å². The number of unbranched alkanes of at least 4 members (excludes halogenated alkanes) is 22. The Bertz CT molecular complexity index is 1470. The summed E-state index contributed by atoms with van der Waals surface area (Å²) in [6.07, 6.45) is 77.6. The average Bonchev–Trinajstić information content (AvgIpc) is 3.35. The van der Waals surface area contributed by atoms with Crippen molar-refractivity contribution >= 4 is 17.9 Å². The minimum atomic E-state index is -0.806. The molecular formula is C63H102O6. The lowest BCUT2D eigenvalue weighted by Gasteiger charge is -2.18. The van der Waals surface area contributed by atoms with Crippen molar-refractivity contribution in [2.24, 2.45) is 0 Å². The van der Waals surface area contributed by atoms with Crippen LogP contribution in [0.4, 0.5) is 0 Å². The van der Waals surface area contributed by atoms with Crippen LogP contribution in [0.3, 0.4) is 0 Å². The zero-order chi connectivity index (χ0) is 50.0. The molecule has 0 aliphatic heterocycles. The van der Waals surface area contributed by atoms with Crippen molar-refractivity contribution in [1.29, 1.82) is 0 Å². The summed E-state index contributed by atoms with van der Waals surface area (Å²) in [6, 6.07) is 0. The average molecular weight is 956 g/mol. The molecule has 0 radical (unpaired) electrons. The summed E-state index contributed by atoms with van der Waals surface area (Å²) >= 11 is 0. The van der Waals surface area contributed by atoms with Crippen molar-refractivity contribution in [1.82, 2.24) is 0 Å². The molecule has 390 valence electrons. The summed E-state index contributed by atoms with van der Waals surface area (Å²) in [7, 11) is 0. The van der Waals surface area contributed by atoms with E-state index < -0.39 is 6.10 Å². The number of ether oxygens (including phenoxy) is 3. The third kappa shape index (κ3) is 54.6. The van der Waals surface area contributed by atoms with Crippen molar-refractivity contribution in [3.63, 3.8) is 0 Å². The van der Waals surface area contributed by atoms with Gasteiger partial charge in [-0.2, -0.15) is 0 Å². The second-order valence-corrected chi connectivity index (χ2v) is 18.2. The van der Waals surface area contributed by atoms with Gasteiger partial charge in [0.05, 0.1) is 0 Å². The van der Waals surface area contributed by atoms with Gasteiger partial charge in [0.15, 0.2) is 6.10 Å². The number of hydrogen-bond acceptors (Lipinski definition) is 6. The molecule has 69 heavy (non-hydrogen) atoms. The molecular weight excluding hydrogens is 853 g/mol. The second-order valence-electron chi connectivity index (χ2n) is 18.2. The van der Waals surface area contributed by atoms with E-state index in [9.17, 15) is 14.4 Å². The van der Waals surface area contributed by atoms with Crippen molar-refractivity contribution < 1.29 is 28.6 Å². The molecule has 0 amide bonds. The van der Waals surface area contributed by atoms with Crippen LogP contribution in [0.25, 0.3) is 0 Å². The maximum Gasteiger partial charge on any atom is 0.306 e. The monoisotopic (exact) mass is 955 g/mol. The molecule has 0 aromatic rings. The van der Waals surface area contributed by atoms with Gasteiger partial charge in [-0.25, -0.2) is 0 Å². The zero-order valence-electron chi connectivity index (χ0n) is 44.5. The van der Waals surface area contributed by atoms with Crippen LogP contribution in [0, 0.1) is 0 Å². The number of allylic oxidation sites excluding steroid dienone is 20. The van der Waals surface area contributed by atoms with Crippen LogP contribution in [0.15, 0.2) is 122 Å². The first kappa shape index (κ1) is 64.8. The Hall–Kier alpha value is -4.19. The van der Waals surface area contributed by atoms with E-state index in [1.807, 2.05) is 36.5 Å². The molecule has 0 aromatic heterocycles. The van der Waals surface area contributed by atoms with E-state index in [4.69, 9.17) is 14.2 Å². The molecule has 0 fully saturated rings. The minimum absolute atomic E-state index is 0.103. The van der Waals surface area contributed by atoms with Crippen molar-refractivity contribution in [3.05, 3.63) is 122 Å². The number of rotatable bonds is 49. The normalized spacial score (nSPS) is 13.0. The van der Waals surface area contributed by atoms with E-state index >= 15 is 0 Å². The predicted octanol–water partition coefficient (Wildman–Crippen LogP) is 18.9. The molecule has 0 saturated heterocycles. The van der Waals surface area contributed by atoms with Crippen LogP contribution in [0.5, 0.6) is 0 Å². The molecule has 0 saturated carbocycles. The number of hydrogen-bond donors (Lipinski definition) is 0. The zero-order valence-corrected chi connectivity index (χ0v) is 44.5. The van der Waals surface area contributed by atoms with E-state index in [1.165, 1.54) is 89.9 Å². The van der Waals surface area contributed by atoms with Crippen molar-refractivity contribution in [3.8, 4) is 0 Å². The highest BCUT2D eigenvalue weighted by Crippen LogP contribution is 2.14. The van der Waals surface area contributed by atoms with E-state index in [0.717, 1.165) is 109 Å². The highest BCUT2D eigenvalue weighted by Gasteiger charge is 2.19. The lowest BCUT2D eigenvalue weighted by molar-refractivity contribution is -0.167. The van der Waals surface area contributed by atoms with Gasteiger partial charge < -0.3 is 14.2 Å². The highest BCUT2D eigenvalue weighted by molar-refractivity contribution is 5.71. The topological polar surface area (TPSA) is 78.9 Å². The number of esters is 3. The van der Waals surface area contributed by atoms with Crippen LogP contribution >= 0.6 is 0 Å². The first-order chi connectivity index (χ1) is 34.0. The van der Waals surface area contributed by atoms with Crippen molar-refractivity contribution in [2.45, 2.75) is 245 Å². The molecule has 1 atom stereocenters. The lowest BCUT2D eigenvalue weighted by atomic mass is 10.1. The molecule has 0 rings (SSSR count). The summed E-state index contributed by atoms with van der Waals surface area (Å²) in [5, 5.41) is 0.